The van der Waals surface area contributed by atoms with Crippen LogP contribution in [0.25, 0.3) is 10.8 Å². The fraction of sp³-hybridized carbons (Fsp3) is 0.368. The van der Waals surface area contributed by atoms with Crippen molar-refractivity contribution in [2.24, 2.45) is 0 Å². The summed E-state index contributed by atoms with van der Waals surface area (Å²) in [6.07, 6.45) is 0. The molecule has 0 spiro atoms. The molecule has 1 aliphatic heterocycles. The molecule has 3 aromatic rings. The molecule has 2 aromatic heterocycles. The number of thiophene rings is 1. The van der Waals surface area contributed by atoms with E-state index in [9.17, 15) is 0 Å². The van der Waals surface area contributed by atoms with Gasteiger partial charge in [-0.05, 0) is 42.6 Å². The molecular formula is C19H22N4O2S. The Morgan fingerprint density at radius 3 is 2.50 bits per heavy atom. The first-order valence-corrected chi connectivity index (χ1v) is 9.63. The van der Waals surface area contributed by atoms with Gasteiger partial charge in [-0.15, -0.1) is 21.5 Å². The Morgan fingerprint density at radius 2 is 1.85 bits per heavy atom. The van der Waals surface area contributed by atoms with Crippen molar-refractivity contribution in [3.05, 3.63) is 47.7 Å². The van der Waals surface area contributed by atoms with Gasteiger partial charge in [-0.1, -0.05) is 6.07 Å². The predicted molar refractivity (Wildman–Crippen MR) is 103 cm³/mol. The van der Waals surface area contributed by atoms with Gasteiger partial charge in [0.15, 0.2) is 0 Å². The molecule has 0 N–H and O–H groups in total. The number of benzene rings is 1. The quantitative estimate of drug-likeness (QED) is 0.683. The minimum atomic E-state index is 0.120. The van der Waals surface area contributed by atoms with Crippen LogP contribution in [0.2, 0.25) is 0 Å². The van der Waals surface area contributed by atoms with Gasteiger partial charge in [-0.3, -0.25) is 4.90 Å². The molecule has 3 heterocycles. The van der Waals surface area contributed by atoms with Crippen LogP contribution in [0.4, 0.5) is 5.69 Å². The molecule has 0 saturated carbocycles. The van der Waals surface area contributed by atoms with E-state index < -0.39 is 0 Å². The third-order valence-electron chi connectivity index (χ3n) is 4.83. The minimum Gasteiger partial charge on any atom is -0.497 e. The van der Waals surface area contributed by atoms with Gasteiger partial charge >= 0.3 is 0 Å². The highest BCUT2D eigenvalue weighted by Gasteiger charge is 2.26. The van der Waals surface area contributed by atoms with Crippen molar-refractivity contribution >= 4 is 17.0 Å². The summed E-state index contributed by atoms with van der Waals surface area (Å²) < 4.78 is 11.1. The number of ether oxygens (including phenoxy) is 1. The monoisotopic (exact) mass is 370 g/mol. The first-order valence-electron chi connectivity index (χ1n) is 8.75. The van der Waals surface area contributed by atoms with Crippen molar-refractivity contribution in [1.29, 1.82) is 0 Å². The van der Waals surface area contributed by atoms with Crippen LogP contribution in [0, 0.1) is 0 Å². The minimum absolute atomic E-state index is 0.120. The Bertz CT molecular complexity index is 824. The molecular weight excluding hydrogens is 348 g/mol. The van der Waals surface area contributed by atoms with E-state index in [1.54, 1.807) is 18.4 Å². The zero-order valence-electron chi connectivity index (χ0n) is 15.0. The lowest BCUT2D eigenvalue weighted by Crippen LogP contribution is -2.47. The van der Waals surface area contributed by atoms with Crippen LogP contribution in [0.1, 0.15) is 18.9 Å². The van der Waals surface area contributed by atoms with Gasteiger partial charge in [0.25, 0.3) is 5.89 Å². The maximum absolute atomic E-state index is 5.90. The Hall–Kier alpha value is -2.38. The lowest BCUT2D eigenvalue weighted by molar-refractivity contribution is 0.174. The molecule has 1 aromatic carbocycles. The van der Waals surface area contributed by atoms with Gasteiger partial charge in [0.2, 0.25) is 5.89 Å². The Labute approximate surface area is 157 Å². The molecule has 0 bridgehead atoms. The summed E-state index contributed by atoms with van der Waals surface area (Å²) in [6.45, 7) is 6.01. The molecule has 0 radical (unpaired) electrons. The second kappa shape index (κ2) is 7.47. The lowest BCUT2D eigenvalue weighted by atomic mass is 10.2. The van der Waals surface area contributed by atoms with Crippen LogP contribution in [-0.2, 0) is 0 Å². The second-order valence-electron chi connectivity index (χ2n) is 6.32. The molecule has 7 heteroatoms. The third kappa shape index (κ3) is 3.45. The summed E-state index contributed by atoms with van der Waals surface area (Å²) in [4.78, 5) is 5.81. The molecule has 6 nitrogen and oxygen atoms in total. The van der Waals surface area contributed by atoms with E-state index >= 15 is 0 Å². The molecule has 1 saturated heterocycles. The van der Waals surface area contributed by atoms with E-state index in [1.807, 2.05) is 29.6 Å². The Morgan fingerprint density at radius 1 is 1.08 bits per heavy atom. The number of anilines is 1. The molecule has 0 unspecified atom stereocenters. The van der Waals surface area contributed by atoms with Crippen LogP contribution in [0.5, 0.6) is 5.75 Å². The first-order chi connectivity index (χ1) is 12.7. The number of hydrogen-bond acceptors (Lipinski definition) is 7. The lowest BCUT2D eigenvalue weighted by Gasteiger charge is -2.38. The average molecular weight is 370 g/mol. The zero-order chi connectivity index (χ0) is 17.9. The molecule has 1 fully saturated rings. The zero-order valence-corrected chi connectivity index (χ0v) is 15.8. The summed E-state index contributed by atoms with van der Waals surface area (Å²) in [5.41, 5.74) is 1.23. The summed E-state index contributed by atoms with van der Waals surface area (Å²) in [5, 5.41) is 10.5. The predicted octanol–water partition coefficient (Wildman–Crippen LogP) is 3.69. The molecule has 136 valence electrons. The van der Waals surface area contributed by atoms with Gasteiger partial charge < -0.3 is 14.1 Å². The highest BCUT2D eigenvalue weighted by atomic mass is 32.1. The smallest absolute Gasteiger partial charge is 0.257 e. The summed E-state index contributed by atoms with van der Waals surface area (Å²) in [7, 11) is 1.69. The highest BCUT2D eigenvalue weighted by molar-refractivity contribution is 7.13. The Kier molecular flexibility index (Phi) is 4.90. The maximum atomic E-state index is 5.90. The normalized spacial score (nSPS) is 16.6. The van der Waals surface area contributed by atoms with E-state index in [4.69, 9.17) is 9.15 Å². The van der Waals surface area contributed by atoms with Crippen molar-refractivity contribution in [3.8, 4) is 16.5 Å². The molecule has 4 rings (SSSR count). The van der Waals surface area contributed by atoms with Gasteiger partial charge in [0.05, 0.1) is 18.0 Å². The number of nitrogens with zero attached hydrogens (tertiary/aromatic N) is 4. The topological polar surface area (TPSA) is 54.6 Å². The summed E-state index contributed by atoms with van der Waals surface area (Å²) >= 11 is 1.61. The number of methoxy groups -OCH3 is 1. The van der Waals surface area contributed by atoms with Crippen LogP contribution >= 0.6 is 11.3 Å². The van der Waals surface area contributed by atoms with Crippen LogP contribution in [-0.4, -0.2) is 48.4 Å². The van der Waals surface area contributed by atoms with Gasteiger partial charge in [-0.2, -0.15) is 0 Å². The van der Waals surface area contributed by atoms with E-state index in [0.29, 0.717) is 11.8 Å². The van der Waals surface area contributed by atoms with E-state index in [2.05, 4.69) is 39.1 Å². The SMILES string of the molecule is COc1ccc(N2CCN([C@@H](C)c3nnc(-c4cccs4)o3)CC2)cc1. The molecule has 26 heavy (non-hydrogen) atoms. The Balaban J connectivity index is 1.38. The van der Waals surface area contributed by atoms with Crippen LogP contribution < -0.4 is 9.64 Å². The number of piperazine rings is 1. The van der Waals surface area contributed by atoms with Gasteiger partial charge in [0.1, 0.15) is 5.75 Å². The van der Waals surface area contributed by atoms with Crippen molar-refractivity contribution in [1.82, 2.24) is 15.1 Å². The average Bonchev–Trinajstić information content (AvgIpc) is 3.39. The fourth-order valence-corrected chi connectivity index (χ4v) is 3.86. The maximum Gasteiger partial charge on any atom is 0.257 e. The number of aromatic nitrogens is 2. The number of hydrogen-bond donors (Lipinski definition) is 0. The second-order valence-corrected chi connectivity index (χ2v) is 7.27. The molecule has 1 aliphatic rings. The molecule has 1 atom stereocenters. The van der Waals surface area contributed by atoms with Gasteiger partial charge in [-0.25, -0.2) is 0 Å². The number of rotatable bonds is 5. The van der Waals surface area contributed by atoms with Crippen molar-refractivity contribution in [3.63, 3.8) is 0 Å². The van der Waals surface area contributed by atoms with Crippen molar-refractivity contribution in [2.45, 2.75) is 13.0 Å². The van der Waals surface area contributed by atoms with Crippen LogP contribution in [0.15, 0.2) is 46.2 Å². The molecule has 0 amide bonds. The fourth-order valence-electron chi connectivity index (χ4n) is 3.22. The largest absolute Gasteiger partial charge is 0.497 e. The van der Waals surface area contributed by atoms with E-state index in [1.165, 1.54) is 5.69 Å². The highest BCUT2D eigenvalue weighted by Crippen LogP contribution is 2.28. The summed E-state index contributed by atoms with van der Waals surface area (Å²) in [6, 6.07) is 12.4. The first kappa shape index (κ1) is 17.1. The standard InChI is InChI=1S/C19H22N4O2S/c1-14(18-20-21-19(25-18)17-4-3-13-26-17)22-9-11-23(12-10-22)15-5-7-16(24-2)8-6-15/h3-8,13-14H,9-12H2,1-2H3/t14-/m0/s1. The van der Waals surface area contributed by atoms with E-state index in [0.717, 1.165) is 36.8 Å². The molecule has 0 aliphatic carbocycles. The van der Waals surface area contributed by atoms with Crippen molar-refractivity contribution < 1.29 is 9.15 Å². The summed E-state index contributed by atoms with van der Waals surface area (Å²) in [5.74, 6) is 2.18. The van der Waals surface area contributed by atoms with E-state index in [-0.39, 0.29) is 6.04 Å². The van der Waals surface area contributed by atoms with Crippen LogP contribution in [0.3, 0.4) is 0 Å². The van der Waals surface area contributed by atoms with Gasteiger partial charge in [0, 0.05) is 31.9 Å². The van der Waals surface area contributed by atoms with Crippen molar-refractivity contribution in [2.75, 3.05) is 38.2 Å². The third-order valence-corrected chi connectivity index (χ3v) is 5.69.